The summed E-state index contributed by atoms with van der Waals surface area (Å²) in [6.45, 7) is 0.373. The van der Waals surface area contributed by atoms with Gasteiger partial charge in [-0.2, -0.15) is 0 Å². The molecule has 0 N–H and O–H groups in total. The Kier molecular flexibility index (Phi) is 5.02. The second-order valence-electron chi connectivity index (χ2n) is 3.84. The van der Waals surface area contributed by atoms with E-state index in [0.717, 1.165) is 20.8 Å². The van der Waals surface area contributed by atoms with Crippen LogP contribution in [-0.4, -0.2) is 6.29 Å². The molecule has 19 heavy (non-hydrogen) atoms. The molecule has 2 aromatic rings. The van der Waals surface area contributed by atoms with Crippen molar-refractivity contribution >= 4 is 49.7 Å². The molecule has 2 nitrogen and oxygen atoms in total. The standard InChI is InChI=1S/C14H9Br2ClO2/c15-11-5-10(7-18)14(13(16)6-11)19-8-9-1-3-12(17)4-2-9/h1-7H,8H2. The van der Waals surface area contributed by atoms with Crippen LogP contribution in [0.2, 0.25) is 5.02 Å². The molecule has 2 rings (SSSR count). The van der Waals surface area contributed by atoms with Gasteiger partial charge in [0.05, 0.1) is 10.0 Å². The maximum absolute atomic E-state index is 11.0. The fourth-order valence-electron chi connectivity index (χ4n) is 1.56. The molecule has 0 unspecified atom stereocenters. The Balaban J connectivity index is 2.19. The first-order chi connectivity index (χ1) is 9.10. The maximum atomic E-state index is 11.0. The van der Waals surface area contributed by atoms with Crippen LogP contribution in [-0.2, 0) is 6.61 Å². The molecule has 0 fully saturated rings. The van der Waals surface area contributed by atoms with Gasteiger partial charge in [0, 0.05) is 9.50 Å². The molecule has 0 heterocycles. The summed E-state index contributed by atoms with van der Waals surface area (Å²) < 4.78 is 7.25. The van der Waals surface area contributed by atoms with Crippen molar-refractivity contribution in [2.75, 3.05) is 0 Å². The Morgan fingerprint density at radius 3 is 2.47 bits per heavy atom. The molecule has 0 bridgehead atoms. The smallest absolute Gasteiger partial charge is 0.153 e. The Morgan fingerprint density at radius 2 is 1.84 bits per heavy atom. The summed E-state index contributed by atoms with van der Waals surface area (Å²) in [7, 11) is 0. The minimum atomic E-state index is 0.373. The van der Waals surface area contributed by atoms with E-state index in [9.17, 15) is 4.79 Å². The van der Waals surface area contributed by atoms with E-state index in [-0.39, 0.29) is 0 Å². The van der Waals surface area contributed by atoms with E-state index in [4.69, 9.17) is 16.3 Å². The quantitative estimate of drug-likeness (QED) is 0.650. The fraction of sp³-hybridized carbons (Fsp3) is 0.0714. The zero-order valence-electron chi connectivity index (χ0n) is 9.70. The maximum Gasteiger partial charge on any atom is 0.153 e. The molecule has 0 saturated carbocycles. The lowest BCUT2D eigenvalue weighted by molar-refractivity contribution is 0.111. The number of carbonyl (C=O) groups excluding carboxylic acids is 1. The Bertz CT molecular complexity index is 597. The van der Waals surface area contributed by atoms with Gasteiger partial charge in [-0.1, -0.05) is 39.7 Å². The van der Waals surface area contributed by atoms with E-state index in [2.05, 4.69) is 31.9 Å². The van der Waals surface area contributed by atoms with Crippen molar-refractivity contribution in [1.82, 2.24) is 0 Å². The lowest BCUT2D eigenvalue weighted by Gasteiger charge is -2.11. The summed E-state index contributed by atoms with van der Waals surface area (Å²) in [5, 5.41) is 0.683. The van der Waals surface area contributed by atoms with Crippen LogP contribution >= 0.6 is 43.5 Å². The Labute approximate surface area is 133 Å². The first kappa shape index (κ1) is 14.6. The van der Waals surface area contributed by atoms with Gasteiger partial charge in [-0.15, -0.1) is 0 Å². The summed E-state index contributed by atoms with van der Waals surface area (Å²) in [4.78, 5) is 11.0. The highest BCUT2D eigenvalue weighted by molar-refractivity contribution is 9.11. The molecule has 0 saturated heterocycles. The van der Waals surface area contributed by atoms with Crippen molar-refractivity contribution < 1.29 is 9.53 Å². The predicted molar refractivity (Wildman–Crippen MR) is 83.0 cm³/mol. The molecule has 0 spiro atoms. The van der Waals surface area contributed by atoms with Gasteiger partial charge in [-0.25, -0.2) is 0 Å². The molecule has 98 valence electrons. The third-order valence-corrected chi connectivity index (χ3v) is 3.76. The number of rotatable bonds is 4. The number of carbonyl (C=O) groups is 1. The van der Waals surface area contributed by atoms with Gasteiger partial charge in [0.25, 0.3) is 0 Å². The van der Waals surface area contributed by atoms with Crippen molar-refractivity contribution in [3.8, 4) is 5.75 Å². The third-order valence-electron chi connectivity index (χ3n) is 2.46. The third kappa shape index (κ3) is 3.81. The van der Waals surface area contributed by atoms with E-state index in [0.29, 0.717) is 22.9 Å². The van der Waals surface area contributed by atoms with Gasteiger partial charge in [-0.05, 0) is 45.8 Å². The largest absolute Gasteiger partial charge is 0.487 e. The molecular formula is C14H9Br2ClO2. The number of hydrogen-bond donors (Lipinski definition) is 0. The molecule has 0 aliphatic carbocycles. The fourth-order valence-corrected chi connectivity index (χ4v) is 3.05. The predicted octanol–water partition coefficient (Wildman–Crippen LogP) is 5.26. The lowest BCUT2D eigenvalue weighted by Crippen LogP contribution is -1.99. The minimum Gasteiger partial charge on any atom is -0.487 e. The topological polar surface area (TPSA) is 26.3 Å². The number of aldehydes is 1. The minimum absolute atomic E-state index is 0.373. The van der Waals surface area contributed by atoms with Gasteiger partial charge in [0.2, 0.25) is 0 Å². The summed E-state index contributed by atoms with van der Waals surface area (Å²) in [5.74, 6) is 0.535. The first-order valence-corrected chi connectivity index (χ1v) is 7.38. The molecule has 0 aromatic heterocycles. The van der Waals surface area contributed by atoms with E-state index >= 15 is 0 Å². The van der Waals surface area contributed by atoms with Crippen LogP contribution in [0.25, 0.3) is 0 Å². The van der Waals surface area contributed by atoms with E-state index < -0.39 is 0 Å². The molecule has 0 aliphatic heterocycles. The van der Waals surface area contributed by atoms with Crippen molar-refractivity contribution in [2.45, 2.75) is 6.61 Å². The van der Waals surface area contributed by atoms with Gasteiger partial charge < -0.3 is 4.74 Å². The van der Waals surface area contributed by atoms with Crippen molar-refractivity contribution in [2.24, 2.45) is 0 Å². The Hall–Kier alpha value is -0.840. The summed E-state index contributed by atoms with van der Waals surface area (Å²) in [6, 6.07) is 10.9. The van der Waals surface area contributed by atoms with Crippen molar-refractivity contribution in [3.63, 3.8) is 0 Å². The number of hydrogen-bond acceptors (Lipinski definition) is 2. The van der Waals surface area contributed by atoms with E-state index in [1.807, 2.05) is 18.2 Å². The van der Waals surface area contributed by atoms with Crippen LogP contribution in [0, 0.1) is 0 Å². The monoisotopic (exact) mass is 402 g/mol. The summed E-state index contributed by atoms with van der Waals surface area (Å²) >= 11 is 12.5. The Morgan fingerprint density at radius 1 is 1.16 bits per heavy atom. The summed E-state index contributed by atoms with van der Waals surface area (Å²) in [6.07, 6.45) is 0.771. The van der Waals surface area contributed by atoms with Crippen molar-refractivity contribution in [3.05, 3.63) is 61.5 Å². The molecule has 0 atom stereocenters. The molecule has 2 aromatic carbocycles. The SMILES string of the molecule is O=Cc1cc(Br)cc(Br)c1OCc1ccc(Cl)cc1. The zero-order chi connectivity index (χ0) is 13.8. The molecule has 0 radical (unpaired) electrons. The number of halogens is 3. The normalized spacial score (nSPS) is 10.3. The van der Waals surface area contributed by atoms with Crippen LogP contribution in [0.4, 0.5) is 0 Å². The number of ether oxygens (including phenoxy) is 1. The average molecular weight is 404 g/mol. The second-order valence-corrected chi connectivity index (χ2v) is 6.05. The molecule has 0 aliphatic rings. The lowest BCUT2D eigenvalue weighted by atomic mass is 10.2. The molecule has 0 amide bonds. The van der Waals surface area contributed by atoms with Gasteiger partial charge in [0.15, 0.2) is 6.29 Å². The van der Waals surface area contributed by atoms with Crippen molar-refractivity contribution in [1.29, 1.82) is 0 Å². The summed E-state index contributed by atoms with van der Waals surface area (Å²) in [5.41, 5.74) is 1.48. The highest BCUT2D eigenvalue weighted by atomic mass is 79.9. The second kappa shape index (κ2) is 6.55. The van der Waals surface area contributed by atoms with Crippen LogP contribution in [0.1, 0.15) is 15.9 Å². The van der Waals surface area contributed by atoms with E-state index in [1.54, 1.807) is 18.2 Å². The average Bonchev–Trinajstić information content (AvgIpc) is 2.39. The van der Waals surface area contributed by atoms with Crippen LogP contribution in [0.5, 0.6) is 5.75 Å². The highest BCUT2D eigenvalue weighted by Gasteiger charge is 2.10. The number of benzene rings is 2. The first-order valence-electron chi connectivity index (χ1n) is 5.41. The van der Waals surface area contributed by atoms with Gasteiger partial charge in [0.1, 0.15) is 12.4 Å². The molecular weight excluding hydrogens is 395 g/mol. The van der Waals surface area contributed by atoms with E-state index in [1.165, 1.54) is 0 Å². The molecule has 5 heteroatoms. The van der Waals surface area contributed by atoms with Crippen LogP contribution in [0.15, 0.2) is 45.3 Å². The zero-order valence-corrected chi connectivity index (χ0v) is 13.6. The van der Waals surface area contributed by atoms with Crippen LogP contribution in [0.3, 0.4) is 0 Å². The van der Waals surface area contributed by atoms with Gasteiger partial charge >= 0.3 is 0 Å². The van der Waals surface area contributed by atoms with Gasteiger partial charge in [-0.3, -0.25) is 4.79 Å². The highest BCUT2D eigenvalue weighted by Crippen LogP contribution is 2.32. The van der Waals surface area contributed by atoms with Crippen LogP contribution < -0.4 is 4.74 Å².